The molecular weight excluding hydrogens is 222 g/mol. The molecule has 17 heavy (non-hydrogen) atoms. The fourth-order valence-corrected chi connectivity index (χ4v) is 1.82. The maximum Gasteiger partial charge on any atom is 0.334 e. The first-order chi connectivity index (χ1) is 8.15. The maximum absolute atomic E-state index is 11.1. The SMILES string of the molecule is CCCc1nn(C)c(-n2ccnc2)c1[N+](=O)[O-]. The number of nitro groups is 1. The van der Waals surface area contributed by atoms with Crippen LogP contribution in [0.5, 0.6) is 0 Å². The van der Waals surface area contributed by atoms with Gasteiger partial charge in [0.2, 0.25) is 5.82 Å². The highest BCUT2D eigenvalue weighted by atomic mass is 16.6. The smallest absolute Gasteiger partial charge is 0.285 e. The van der Waals surface area contributed by atoms with E-state index in [2.05, 4.69) is 10.1 Å². The lowest BCUT2D eigenvalue weighted by molar-refractivity contribution is -0.385. The summed E-state index contributed by atoms with van der Waals surface area (Å²) in [6.45, 7) is 1.97. The largest absolute Gasteiger partial charge is 0.334 e. The first-order valence-electron chi connectivity index (χ1n) is 5.33. The van der Waals surface area contributed by atoms with Crippen molar-refractivity contribution in [3.8, 4) is 5.82 Å². The van der Waals surface area contributed by atoms with Gasteiger partial charge in [-0.15, -0.1) is 0 Å². The van der Waals surface area contributed by atoms with Crippen molar-refractivity contribution in [2.75, 3.05) is 0 Å². The Kier molecular flexibility index (Phi) is 2.90. The first kappa shape index (κ1) is 11.3. The molecule has 2 aromatic rings. The molecule has 0 aliphatic carbocycles. The Hall–Kier alpha value is -2.18. The highest BCUT2D eigenvalue weighted by Gasteiger charge is 2.26. The van der Waals surface area contributed by atoms with Gasteiger partial charge in [-0.3, -0.25) is 14.7 Å². The zero-order valence-electron chi connectivity index (χ0n) is 9.70. The molecule has 0 saturated heterocycles. The molecule has 2 rings (SSSR count). The van der Waals surface area contributed by atoms with Crippen molar-refractivity contribution in [2.24, 2.45) is 7.05 Å². The average molecular weight is 235 g/mol. The number of hydrogen-bond donors (Lipinski definition) is 0. The highest BCUT2D eigenvalue weighted by molar-refractivity contribution is 5.51. The van der Waals surface area contributed by atoms with E-state index in [1.165, 1.54) is 11.0 Å². The first-order valence-corrected chi connectivity index (χ1v) is 5.33. The van der Waals surface area contributed by atoms with Gasteiger partial charge in [0.1, 0.15) is 12.0 Å². The van der Waals surface area contributed by atoms with E-state index < -0.39 is 0 Å². The Morgan fingerprint density at radius 3 is 2.82 bits per heavy atom. The Balaban J connectivity index is 2.61. The summed E-state index contributed by atoms with van der Waals surface area (Å²) in [5, 5.41) is 15.3. The van der Waals surface area contributed by atoms with Crippen molar-refractivity contribution in [1.82, 2.24) is 19.3 Å². The summed E-state index contributed by atoms with van der Waals surface area (Å²) in [5.74, 6) is 0.441. The molecule has 0 radical (unpaired) electrons. The minimum atomic E-state index is -0.382. The zero-order chi connectivity index (χ0) is 12.4. The molecule has 0 unspecified atom stereocenters. The van der Waals surface area contributed by atoms with Crippen LogP contribution in [0, 0.1) is 10.1 Å². The van der Waals surface area contributed by atoms with Crippen molar-refractivity contribution in [3.63, 3.8) is 0 Å². The van der Waals surface area contributed by atoms with E-state index >= 15 is 0 Å². The molecule has 0 bridgehead atoms. The van der Waals surface area contributed by atoms with Crippen LogP contribution in [-0.4, -0.2) is 24.3 Å². The van der Waals surface area contributed by atoms with Crippen molar-refractivity contribution in [2.45, 2.75) is 19.8 Å². The molecule has 0 aromatic carbocycles. The van der Waals surface area contributed by atoms with Crippen LogP contribution in [0.1, 0.15) is 19.0 Å². The fourth-order valence-electron chi connectivity index (χ4n) is 1.82. The van der Waals surface area contributed by atoms with Gasteiger partial charge in [0.05, 0.1) is 4.92 Å². The van der Waals surface area contributed by atoms with E-state index in [1.807, 2.05) is 6.92 Å². The predicted octanol–water partition coefficient (Wildman–Crippen LogP) is 1.47. The molecule has 0 N–H and O–H groups in total. The monoisotopic (exact) mass is 235 g/mol. The summed E-state index contributed by atoms with van der Waals surface area (Å²) in [6.07, 6.45) is 6.19. The number of rotatable bonds is 4. The Morgan fingerprint density at radius 1 is 1.53 bits per heavy atom. The summed E-state index contributed by atoms with van der Waals surface area (Å²) in [5.41, 5.74) is 0.580. The molecule has 7 nitrogen and oxygen atoms in total. The molecule has 7 heteroatoms. The van der Waals surface area contributed by atoms with E-state index in [4.69, 9.17) is 0 Å². The molecule has 0 aliphatic heterocycles. The molecule has 0 atom stereocenters. The minimum Gasteiger partial charge on any atom is -0.285 e. The lowest BCUT2D eigenvalue weighted by atomic mass is 10.2. The van der Waals surface area contributed by atoms with Crippen LogP contribution in [0.2, 0.25) is 0 Å². The number of imidazole rings is 1. The van der Waals surface area contributed by atoms with E-state index in [0.29, 0.717) is 17.9 Å². The predicted molar refractivity (Wildman–Crippen MR) is 61.0 cm³/mol. The maximum atomic E-state index is 11.1. The van der Waals surface area contributed by atoms with Gasteiger partial charge in [-0.2, -0.15) is 5.10 Å². The normalized spacial score (nSPS) is 10.7. The van der Waals surface area contributed by atoms with Gasteiger partial charge in [-0.05, 0) is 6.42 Å². The lowest BCUT2D eigenvalue weighted by Gasteiger charge is -2.00. The van der Waals surface area contributed by atoms with Crippen LogP contribution < -0.4 is 0 Å². The molecule has 2 aromatic heterocycles. The van der Waals surface area contributed by atoms with Crippen LogP contribution in [0.25, 0.3) is 5.82 Å². The molecule has 2 heterocycles. The average Bonchev–Trinajstić information content (AvgIpc) is 2.85. The minimum absolute atomic E-state index is 0.0624. The van der Waals surface area contributed by atoms with E-state index in [0.717, 1.165) is 6.42 Å². The van der Waals surface area contributed by atoms with E-state index in [-0.39, 0.29) is 10.6 Å². The molecule has 0 fully saturated rings. The van der Waals surface area contributed by atoms with Crippen molar-refractivity contribution >= 4 is 5.69 Å². The summed E-state index contributed by atoms with van der Waals surface area (Å²) >= 11 is 0. The van der Waals surface area contributed by atoms with Crippen molar-refractivity contribution in [1.29, 1.82) is 0 Å². The van der Waals surface area contributed by atoms with Crippen LogP contribution in [0.4, 0.5) is 5.69 Å². The van der Waals surface area contributed by atoms with Gasteiger partial charge >= 0.3 is 5.69 Å². The third kappa shape index (κ3) is 1.91. The van der Waals surface area contributed by atoms with Crippen LogP contribution in [0.3, 0.4) is 0 Å². The second-order valence-corrected chi connectivity index (χ2v) is 3.72. The van der Waals surface area contributed by atoms with Crippen molar-refractivity contribution in [3.05, 3.63) is 34.5 Å². The number of nitrogens with zero attached hydrogens (tertiary/aromatic N) is 5. The number of aryl methyl sites for hydroxylation is 2. The topological polar surface area (TPSA) is 78.8 Å². The summed E-state index contributed by atoms with van der Waals surface area (Å²) in [4.78, 5) is 14.7. The van der Waals surface area contributed by atoms with Crippen LogP contribution in [0.15, 0.2) is 18.7 Å². The summed E-state index contributed by atoms with van der Waals surface area (Å²) < 4.78 is 3.12. The second kappa shape index (κ2) is 4.36. The quantitative estimate of drug-likeness (QED) is 0.593. The van der Waals surface area contributed by atoms with Gasteiger partial charge in [0.25, 0.3) is 0 Å². The van der Waals surface area contributed by atoms with E-state index in [9.17, 15) is 10.1 Å². The molecule has 0 saturated carbocycles. The van der Waals surface area contributed by atoms with Gasteiger partial charge < -0.3 is 0 Å². The van der Waals surface area contributed by atoms with Gasteiger partial charge in [0.15, 0.2) is 0 Å². The molecule has 0 aliphatic rings. The van der Waals surface area contributed by atoms with Gasteiger partial charge in [0, 0.05) is 19.4 Å². The Bertz CT molecular complexity index is 529. The summed E-state index contributed by atoms with van der Waals surface area (Å²) in [7, 11) is 1.70. The second-order valence-electron chi connectivity index (χ2n) is 3.72. The Labute approximate surface area is 97.8 Å². The molecular formula is C10H13N5O2. The molecule has 0 spiro atoms. The molecule has 0 amide bonds. The van der Waals surface area contributed by atoms with Gasteiger partial charge in [-0.25, -0.2) is 9.67 Å². The fraction of sp³-hybridized carbons (Fsp3) is 0.400. The van der Waals surface area contributed by atoms with Gasteiger partial charge in [-0.1, -0.05) is 13.3 Å². The lowest BCUT2D eigenvalue weighted by Crippen LogP contribution is -2.03. The molecule has 90 valence electrons. The third-order valence-electron chi connectivity index (χ3n) is 2.48. The standard InChI is InChI=1S/C10H13N5O2/c1-3-4-8-9(15(16)17)10(13(2)12-8)14-6-5-11-7-14/h5-7H,3-4H2,1-2H3. The Morgan fingerprint density at radius 2 is 2.29 bits per heavy atom. The summed E-state index contributed by atoms with van der Waals surface area (Å²) in [6, 6.07) is 0. The zero-order valence-corrected chi connectivity index (χ0v) is 9.70. The van der Waals surface area contributed by atoms with E-state index in [1.54, 1.807) is 24.0 Å². The van der Waals surface area contributed by atoms with Crippen LogP contribution >= 0.6 is 0 Å². The number of aromatic nitrogens is 4. The highest BCUT2D eigenvalue weighted by Crippen LogP contribution is 2.27. The number of hydrogen-bond acceptors (Lipinski definition) is 4. The van der Waals surface area contributed by atoms with Crippen LogP contribution in [-0.2, 0) is 13.5 Å². The third-order valence-corrected chi connectivity index (χ3v) is 2.48. The van der Waals surface area contributed by atoms with Crippen molar-refractivity contribution < 1.29 is 4.92 Å².